The minimum atomic E-state index is -1.11. The lowest BCUT2D eigenvalue weighted by Gasteiger charge is -2.40. The van der Waals surface area contributed by atoms with E-state index in [1.54, 1.807) is 25.3 Å². The largest absolute Gasteiger partial charge is 0.475 e. The standard InChI is InChI=1S/C17H19NO5/c1-22-8-7-17(5-2-6-17)16(21)18-12-3-4-13-11(9-12)10-14(23-13)15(19)20/h3-4,9-10H,2,5-8H2,1H3,(H,18,21)(H,19,20). The summed E-state index contributed by atoms with van der Waals surface area (Å²) >= 11 is 0. The number of carboxylic acids is 1. The smallest absolute Gasteiger partial charge is 0.371 e. The third kappa shape index (κ3) is 2.94. The quantitative estimate of drug-likeness (QED) is 0.853. The van der Waals surface area contributed by atoms with Crippen molar-refractivity contribution in [3.8, 4) is 0 Å². The first-order valence-corrected chi connectivity index (χ1v) is 7.61. The van der Waals surface area contributed by atoms with Gasteiger partial charge < -0.3 is 19.6 Å². The molecule has 1 heterocycles. The van der Waals surface area contributed by atoms with Crippen LogP contribution in [0.25, 0.3) is 11.0 Å². The van der Waals surface area contributed by atoms with Crippen LogP contribution in [0.1, 0.15) is 36.2 Å². The van der Waals surface area contributed by atoms with Crippen LogP contribution < -0.4 is 5.32 Å². The minimum absolute atomic E-state index is 0.00195. The van der Waals surface area contributed by atoms with Crippen LogP contribution in [0, 0.1) is 5.41 Å². The number of hydrogen-bond donors (Lipinski definition) is 2. The van der Waals surface area contributed by atoms with Crippen molar-refractivity contribution >= 4 is 28.5 Å². The predicted molar refractivity (Wildman–Crippen MR) is 84.6 cm³/mol. The summed E-state index contributed by atoms with van der Waals surface area (Å²) in [6.07, 6.45) is 3.52. The van der Waals surface area contributed by atoms with Gasteiger partial charge >= 0.3 is 5.97 Å². The number of nitrogens with one attached hydrogen (secondary N) is 1. The molecule has 1 aliphatic rings. The van der Waals surface area contributed by atoms with E-state index in [1.165, 1.54) is 6.07 Å². The number of furan rings is 1. The average molecular weight is 317 g/mol. The van der Waals surface area contributed by atoms with Gasteiger partial charge in [0.1, 0.15) is 5.58 Å². The van der Waals surface area contributed by atoms with Crippen molar-refractivity contribution in [3.05, 3.63) is 30.0 Å². The molecule has 122 valence electrons. The molecule has 1 amide bonds. The second-order valence-electron chi connectivity index (χ2n) is 6.00. The van der Waals surface area contributed by atoms with Crippen molar-refractivity contribution in [1.29, 1.82) is 0 Å². The molecule has 0 unspecified atom stereocenters. The molecule has 0 aliphatic heterocycles. The molecule has 1 saturated carbocycles. The van der Waals surface area contributed by atoms with E-state index in [9.17, 15) is 9.59 Å². The highest BCUT2D eigenvalue weighted by atomic mass is 16.5. The Morgan fingerprint density at radius 1 is 1.35 bits per heavy atom. The van der Waals surface area contributed by atoms with Gasteiger partial charge in [0.05, 0.1) is 5.41 Å². The van der Waals surface area contributed by atoms with Crippen molar-refractivity contribution in [2.75, 3.05) is 19.0 Å². The number of amides is 1. The SMILES string of the molecule is COCCC1(C(=O)Nc2ccc3oc(C(=O)O)cc3c2)CCC1. The van der Waals surface area contributed by atoms with Gasteiger partial charge in [0.15, 0.2) is 0 Å². The number of benzene rings is 1. The number of carbonyl (C=O) groups excluding carboxylic acids is 1. The highest BCUT2D eigenvalue weighted by molar-refractivity contribution is 5.98. The van der Waals surface area contributed by atoms with Crippen LogP contribution in [0.15, 0.2) is 28.7 Å². The highest BCUT2D eigenvalue weighted by Gasteiger charge is 2.43. The number of hydrogen-bond acceptors (Lipinski definition) is 4. The second kappa shape index (κ2) is 6.04. The fraction of sp³-hybridized carbons (Fsp3) is 0.412. The first-order valence-electron chi connectivity index (χ1n) is 7.61. The molecule has 2 aromatic rings. The van der Waals surface area contributed by atoms with Gasteiger partial charge in [0.2, 0.25) is 11.7 Å². The zero-order valence-corrected chi connectivity index (χ0v) is 12.9. The number of rotatable bonds is 6. The molecule has 0 atom stereocenters. The summed E-state index contributed by atoms with van der Waals surface area (Å²) in [4.78, 5) is 23.5. The fourth-order valence-corrected chi connectivity index (χ4v) is 2.98. The Morgan fingerprint density at radius 2 is 2.13 bits per heavy atom. The van der Waals surface area contributed by atoms with Crippen LogP contribution >= 0.6 is 0 Å². The summed E-state index contributed by atoms with van der Waals surface area (Å²) in [5, 5.41) is 12.5. The van der Waals surface area contributed by atoms with Gasteiger partial charge in [-0.2, -0.15) is 0 Å². The van der Waals surface area contributed by atoms with Crippen LogP contribution in [-0.2, 0) is 9.53 Å². The van der Waals surface area contributed by atoms with Gasteiger partial charge in [0, 0.05) is 24.8 Å². The molecule has 0 saturated heterocycles. The normalized spacial score (nSPS) is 16.0. The van der Waals surface area contributed by atoms with Crippen molar-refractivity contribution in [2.45, 2.75) is 25.7 Å². The van der Waals surface area contributed by atoms with Crippen LogP contribution in [0.2, 0.25) is 0 Å². The number of methoxy groups -OCH3 is 1. The molecule has 0 radical (unpaired) electrons. The number of aromatic carboxylic acids is 1. The number of carboxylic acid groups (broad SMARTS) is 1. The Kier molecular flexibility index (Phi) is 4.09. The summed E-state index contributed by atoms with van der Waals surface area (Å²) in [6, 6.07) is 6.57. The molecule has 0 bridgehead atoms. The molecule has 1 fully saturated rings. The molecule has 1 aromatic carbocycles. The summed E-state index contributed by atoms with van der Waals surface area (Å²) in [5.41, 5.74) is 0.787. The maximum Gasteiger partial charge on any atom is 0.371 e. The van der Waals surface area contributed by atoms with E-state index in [0.29, 0.717) is 29.7 Å². The average Bonchev–Trinajstić information content (AvgIpc) is 2.89. The molecule has 3 rings (SSSR count). The molecule has 1 aromatic heterocycles. The van der Waals surface area contributed by atoms with E-state index in [-0.39, 0.29) is 17.1 Å². The second-order valence-corrected chi connectivity index (χ2v) is 6.00. The number of anilines is 1. The Bertz CT molecular complexity index is 745. The lowest BCUT2D eigenvalue weighted by Crippen LogP contribution is -2.42. The van der Waals surface area contributed by atoms with Crippen LogP contribution in [0.3, 0.4) is 0 Å². The maximum absolute atomic E-state index is 12.6. The monoisotopic (exact) mass is 317 g/mol. The van der Waals surface area contributed by atoms with Crippen LogP contribution in [0.5, 0.6) is 0 Å². The summed E-state index contributed by atoms with van der Waals surface area (Å²) < 4.78 is 10.3. The Balaban J connectivity index is 1.78. The van der Waals surface area contributed by atoms with E-state index in [1.807, 2.05) is 0 Å². The van der Waals surface area contributed by atoms with Crippen molar-refractivity contribution in [1.82, 2.24) is 0 Å². The maximum atomic E-state index is 12.6. The minimum Gasteiger partial charge on any atom is -0.475 e. The van der Waals surface area contributed by atoms with Crippen LogP contribution in [-0.4, -0.2) is 30.7 Å². The third-order valence-corrected chi connectivity index (χ3v) is 4.56. The van der Waals surface area contributed by atoms with Gasteiger partial charge in [-0.05, 0) is 43.5 Å². The van der Waals surface area contributed by atoms with Crippen molar-refractivity contribution in [3.63, 3.8) is 0 Å². The van der Waals surface area contributed by atoms with E-state index in [4.69, 9.17) is 14.3 Å². The molecule has 0 spiro atoms. The van der Waals surface area contributed by atoms with E-state index < -0.39 is 5.97 Å². The van der Waals surface area contributed by atoms with Crippen LogP contribution in [0.4, 0.5) is 5.69 Å². The molecule has 23 heavy (non-hydrogen) atoms. The summed E-state index contributed by atoms with van der Waals surface area (Å²) in [5.74, 6) is -1.22. The Morgan fingerprint density at radius 3 is 2.74 bits per heavy atom. The molecular formula is C17H19NO5. The lowest BCUT2D eigenvalue weighted by atomic mass is 9.66. The third-order valence-electron chi connectivity index (χ3n) is 4.56. The van der Waals surface area contributed by atoms with E-state index in [2.05, 4.69) is 5.32 Å². The summed E-state index contributed by atoms with van der Waals surface area (Å²) in [7, 11) is 1.64. The Hall–Kier alpha value is -2.34. The first kappa shape index (κ1) is 15.6. The number of ether oxygens (including phenoxy) is 1. The zero-order valence-electron chi connectivity index (χ0n) is 12.9. The molecule has 2 N–H and O–H groups in total. The van der Waals surface area contributed by atoms with Crippen molar-refractivity contribution < 1.29 is 23.8 Å². The van der Waals surface area contributed by atoms with E-state index >= 15 is 0 Å². The molecule has 1 aliphatic carbocycles. The molecule has 6 heteroatoms. The van der Waals surface area contributed by atoms with Gasteiger partial charge in [-0.3, -0.25) is 4.79 Å². The van der Waals surface area contributed by atoms with Gasteiger partial charge in [-0.25, -0.2) is 4.79 Å². The number of carbonyl (C=O) groups is 2. The zero-order chi connectivity index (χ0) is 16.4. The van der Waals surface area contributed by atoms with E-state index in [0.717, 1.165) is 19.3 Å². The summed E-state index contributed by atoms with van der Waals surface area (Å²) in [6.45, 7) is 0.566. The topological polar surface area (TPSA) is 88.8 Å². The molecular weight excluding hydrogens is 298 g/mol. The lowest BCUT2D eigenvalue weighted by molar-refractivity contribution is -0.131. The highest BCUT2D eigenvalue weighted by Crippen LogP contribution is 2.45. The number of fused-ring (bicyclic) bond motifs is 1. The predicted octanol–water partition coefficient (Wildman–Crippen LogP) is 3.28. The first-order chi connectivity index (χ1) is 11.0. The Labute approximate surface area is 133 Å². The molecule has 6 nitrogen and oxygen atoms in total. The van der Waals surface area contributed by atoms with Gasteiger partial charge in [-0.15, -0.1) is 0 Å². The van der Waals surface area contributed by atoms with Gasteiger partial charge in [0.25, 0.3) is 0 Å². The fourth-order valence-electron chi connectivity index (χ4n) is 2.98. The van der Waals surface area contributed by atoms with Crippen molar-refractivity contribution in [2.24, 2.45) is 5.41 Å². The van der Waals surface area contributed by atoms with Gasteiger partial charge in [-0.1, -0.05) is 6.42 Å².